The number of benzene rings is 1. The molecule has 8 nitrogen and oxygen atoms in total. The second kappa shape index (κ2) is 7.84. The van der Waals surface area contributed by atoms with Crippen LogP contribution in [0.4, 0.5) is 18.9 Å². The Morgan fingerprint density at radius 1 is 1.22 bits per heavy atom. The van der Waals surface area contributed by atoms with Crippen LogP contribution in [-0.2, 0) is 31.6 Å². The maximum Gasteiger partial charge on any atom is 0.416 e. The van der Waals surface area contributed by atoms with Crippen molar-refractivity contribution in [2.24, 2.45) is 14.1 Å². The van der Waals surface area contributed by atoms with Gasteiger partial charge in [0, 0.05) is 30.8 Å². The summed E-state index contributed by atoms with van der Waals surface area (Å²) in [5.41, 5.74) is -1.58. The van der Waals surface area contributed by atoms with E-state index in [2.05, 4.69) is 4.98 Å². The van der Waals surface area contributed by atoms with Gasteiger partial charge in [0.2, 0.25) is 5.91 Å². The highest BCUT2D eigenvalue weighted by Crippen LogP contribution is 2.41. The van der Waals surface area contributed by atoms with Gasteiger partial charge in [0.25, 0.3) is 5.56 Å². The summed E-state index contributed by atoms with van der Waals surface area (Å²) in [5.74, 6) is -0.476. The molecule has 0 N–H and O–H groups in total. The molecule has 32 heavy (non-hydrogen) atoms. The molecule has 4 rings (SSSR count). The standard InChI is InChI=1S/C20H20F3N5O3S/c1-11-6-7-28(13-8-12(20(21,22)23)4-5-14(13)32-11)15(29)9-27-10-24-17-16(27)18(30)26(3)19(31)25(17)2/h4-5,8,10-11H,6-7,9H2,1-3H3. The number of imidazole rings is 1. The predicted molar refractivity (Wildman–Crippen MR) is 114 cm³/mol. The zero-order chi connectivity index (χ0) is 23.4. The molecule has 12 heteroatoms. The average molecular weight is 467 g/mol. The first-order valence-electron chi connectivity index (χ1n) is 9.78. The van der Waals surface area contributed by atoms with Gasteiger partial charge in [-0.15, -0.1) is 11.8 Å². The van der Waals surface area contributed by atoms with Crippen molar-refractivity contribution in [1.82, 2.24) is 18.7 Å². The van der Waals surface area contributed by atoms with Crippen LogP contribution in [0.15, 0.2) is 39.0 Å². The second-order valence-electron chi connectivity index (χ2n) is 7.69. The number of anilines is 1. The molecular formula is C20H20F3N5O3S. The molecule has 1 atom stereocenters. The second-order valence-corrected chi connectivity index (χ2v) is 9.17. The molecule has 1 aliphatic heterocycles. The minimum Gasteiger partial charge on any atom is -0.315 e. The minimum atomic E-state index is -4.54. The molecule has 0 saturated carbocycles. The molecule has 0 radical (unpaired) electrons. The van der Waals surface area contributed by atoms with E-state index in [0.29, 0.717) is 11.3 Å². The number of aryl methyl sites for hydroxylation is 1. The summed E-state index contributed by atoms with van der Waals surface area (Å²) in [6.07, 6.45) is -2.66. The molecule has 3 aromatic rings. The Labute approximate surface area is 184 Å². The van der Waals surface area contributed by atoms with Crippen molar-refractivity contribution in [1.29, 1.82) is 0 Å². The SMILES string of the molecule is CC1CCN(C(=O)Cn2cnc3c2c(=O)n(C)c(=O)n3C)c2cc(C(F)(F)F)ccc2S1. The topological polar surface area (TPSA) is 82.1 Å². The van der Waals surface area contributed by atoms with Gasteiger partial charge in [-0.05, 0) is 24.6 Å². The Hall–Kier alpha value is -3.02. The van der Waals surface area contributed by atoms with Crippen molar-refractivity contribution in [3.63, 3.8) is 0 Å². The maximum atomic E-state index is 13.3. The third-order valence-electron chi connectivity index (χ3n) is 5.49. The first-order valence-corrected chi connectivity index (χ1v) is 10.7. The highest BCUT2D eigenvalue weighted by Gasteiger charge is 2.33. The predicted octanol–water partition coefficient (Wildman–Crippen LogP) is 2.37. The van der Waals surface area contributed by atoms with Gasteiger partial charge in [-0.3, -0.25) is 18.7 Å². The molecule has 1 unspecified atom stereocenters. The molecule has 3 heterocycles. The van der Waals surface area contributed by atoms with Crippen molar-refractivity contribution in [2.45, 2.75) is 36.2 Å². The summed E-state index contributed by atoms with van der Waals surface area (Å²) in [4.78, 5) is 44.0. The number of carbonyl (C=O) groups excluding carboxylic acids is 1. The smallest absolute Gasteiger partial charge is 0.315 e. The van der Waals surface area contributed by atoms with Crippen molar-refractivity contribution >= 4 is 34.5 Å². The van der Waals surface area contributed by atoms with Crippen LogP contribution in [0, 0.1) is 0 Å². The number of fused-ring (bicyclic) bond motifs is 2. The van der Waals surface area contributed by atoms with Crippen LogP contribution in [0.3, 0.4) is 0 Å². The Bertz CT molecular complexity index is 1340. The average Bonchev–Trinajstić information content (AvgIpc) is 3.06. The van der Waals surface area contributed by atoms with E-state index in [-0.39, 0.29) is 35.2 Å². The van der Waals surface area contributed by atoms with Gasteiger partial charge in [-0.1, -0.05) is 6.92 Å². The zero-order valence-corrected chi connectivity index (χ0v) is 18.3. The van der Waals surface area contributed by atoms with Crippen LogP contribution < -0.4 is 16.1 Å². The van der Waals surface area contributed by atoms with Crippen LogP contribution in [0.25, 0.3) is 11.2 Å². The highest BCUT2D eigenvalue weighted by molar-refractivity contribution is 8.00. The van der Waals surface area contributed by atoms with Gasteiger partial charge < -0.3 is 9.47 Å². The normalized spacial score (nSPS) is 16.8. The number of hydrogen-bond donors (Lipinski definition) is 0. The Balaban J connectivity index is 1.76. The number of rotatable bonds is 2. The van der Waals surface area contributed by atoms with E-state index < -0.39 is 28.9 Å². The number of alkyl halides is 3. The van der Waals surface area contributed by atoms with E-state index >= 15 is 0 Å². The van der Waals surface area contributed by atoms with E-state index in [1.54, 1.807) is 0 Å². The molecule has 0 bridgehead atoms. The molecule has 1 aliphatic rings. The van der Waals surface area contributed by atoms with Crippen molar-refractivity contribution in [2.75, 3.05) is 11.4 Å². The van der Waals surface area contributed by atoms with Gasteiger partial charge >= 0.3 is 11.9 Å². The number of carbonyl (C=O) groups is 1. The molecule has 1 amide bonds. The molecular weight excluding hydrogens is 447 g/mol. The number of nitrogens with zero attached hydrogens (tertiary/aromatic N) is 5. The quantitative estimate of drug-likeness (QED) is 0.578. The van der Waals surface area contributed by atoms with Crippen molar-refractivity contribution in [3.05, 3.63) is 50.9 Å². The minimum absolute atomic E-state index is 0.0739. The molecule has 1 aromatic carbocycles. The van der Waals surface area contributed by atoms with Gasteiger partial charge in [0.1, 0.15) is 6.54 Å². The van der Waals surface area contributed by atoms with Gasteiger partial charge in [0.05, 0.1) is 17.6 Å². The van der Waals surface area contributed by atoms with Crippen LogP contribution in [0.1, 0.15) is 18.9 Å². The number of hydrogen-bond acceptors (Lipinski definition) is 5. The number of amides is 1. The monoisotopic (exact) mass is 467 g/mol. The van der Waals surface area contributed by atoms with E-state index in [9.17, 15) is 27.6 Å². The third kappa shape index (κ3) is 3.72. The van der Waals surface area contributed by atoms with Gasteiger partial charge in [-0.2, -0.15) is 13.2 Å². The highest BCUT2D eigenvalue weighted by atomic mass is 32.2. The Morgan fingerprint density at radius 2 is 1.94 bits per heavy atom. The van der Waals surface area contributed by atoms with Crippen molar-refractivity contribution < 1.29 is 18.0 Å². The van der Waals surface area contributed by atoms with Gasteiger partial charge in [0.15, 0.2) is 11.2 Å². The van der Waals surface area contributed by atoms with Crippen LogP contribution in [0.2, 0.25) is 0 Å². The number of aromatic nitrogens is 4. The van der Waals surface area contributed by atoms with E-state index in [1.165, 1.54) is 52.3 Å². The molecule has 0 fully saturated rings. The third-order valence-corrected chi connectivity index (χ3v) is 6.73. The molecule has 0 aliphatic carbocycles. The zero-order valence-electron chi connectivity index (χ0n) is 17.5. The fourth-order valence-electron chi connectivity index (χ4n) is 3.72. The lowest BCUT2D eigenvalue weighted by atomic mass is 10.1. The largest absolute Gasteiger partial charge is 0.416 e. The molecule has 0 spiro atoms. The summed E-state index contributed by atoms with van der Waals surface area (Å²) in [7, 11) is 2.79. The lowest BCUT2D eigenvalue weighted by molar-refractivity contribution is -0.137. The first kappa shape index (κ1) is 22.2. The fourth-order valence-corrected chi connectivity index (χ4v) is 4.81. The molecule has 2 aromatic heterocycles. The lowest BCUT2D eigenvalue weighted by Crippen LogP contribution is -2.39. The van der Waals surface area contributed by atoms with Crippen LogP contribution >= 0.6 is 11.8 Å². The molecule has 170 valence electrons. The van der Waals surface area contributed by atoms with Crippen molar-refractivity contribution in [3.8, 4) is 0 Å². The maximum absolute atomic E-state index is 13.3. The number of thioether (sulfide) groups is 1. The summed E-state index contributed by atoms with van der Waals surface area (Å²) in [6, 6.07) is 3.40. The van der Waals surface area contributed by atoms with E-state index in [1.807, 2.05) is 6.92 Å². The Kier molecular flexibility index (Phi) is 5.43. The fraction of sp³-hybridized carbons (Fsp3) is 0.400. The van der Waals surface area contributed by atoms with Gasteiger partial charge in [-0.25, -0.2) is 9.78 Å². The van der Waals surface area contributed by atoms with E-state index in [0.717, 1.165) is 16.7 Å². The van der Waals surface area contributed by atoms with Crippen LogP contribution in [0.5, 0.6) is 0 Å². The summed E-state index contributed by atoms with van der Waals surface area (Å²) in [6.45, 7) is 1.89. The first-order chi connectivity index (χ1) is 15.0. The van der Waals surface area contributed by atoms with Crippen LogP contribution in [-0.4, -0.2) is 36.4 Å². The van der Waals surface area contributed by atoms with E-state index in [4.69, 9.17) is 0 Å². The number of halogens is 3. The summed E-state index contributed by atoms with van der Waals surface area (Å²) >= 11 is 1.42. The molecule has 0 saturated heterocycles. The lowest BCUT2D eigenvalue weighted by Gasteiger charge is -2.24. The summed E-state index contributed by atoms with van der Waals surface area (Å²) < 4.78 is 43.4. The Morgan fingerprint density at radius 3 is 2.62 bits per heavy atom. The summed E-state index contributed by atoms with van der Waals surface area (Å²) in [5, 5.41) is 0.110.